The number of benzene rings is 5. The predicted molar refractivity (Wildman–Crippen MR) is 162 cm³/mol. The van der Waals surface area contributed by atoms with Crippen molar-refractivity contribution in [1.29, 1.82) is 0 Å². The first-order valence-corrected chi connectivity index (χ1v) is 16.8. The van der Waals surface area contributed by atoms with E-state index in [9.17, 15) is 0 Å². The number of rotatable bonds is 8. The SMILES string of the molecule is Cc1cc(C)cc(C(C[SiH](c2ccccc2)c2ccccc2)[SiH](c2ccccc2)c2ccccc2)c1. The van der Waals surface area contributed by atoms with Crippen molar-refractivity contribution in [3.8, 4) is 0 Å². The number of aryl methyl sites for hydroxylation is 2. The van der Waals surface area contributed by atoms with Crippen LogP contribution in [0, 0.1) is 13.8 Å². The maximum atomic E-state index is 2.46. The monoisotopic (exact) mass is 498 g/mol. The van der Waals surface area contributed by atoms with Gasteiger partial charge in [-0.25, -0.2) is 0 Å². The van der Waals surface area contributed by atoms with Gasteiger partial charge in [-0.05, 0) is 31.0 Å². The van der Waals surface area contributed by atoms with Crippen LogP contribution in [0.5, 0.6) is 0 Å². The zero-order valence-electron chi connectivity index (χ0n) is 21.2. The molecule has 0 aromatic heterocycles. The van der Waals surface area contributed by atoms with Gasteiger partial charge >= 0.3 is 0 Å². The average Bonchev–Trinajstić information content (AvgIpc) is 2.92. The molecule has 0 fully saturated rings. The van der Waals surface area contributed by atoms with Gasteiger partial charge in [0, 0.05) is 0 Å². The standard InChI is InChI=1S/C34H34Si2/c1-27-23-28(2)25-29(24-27)34(36(32-19-11-5-12-20-32)33-21-13-6-14-22-33)26-35(30-15-7-3-8-16-30)31-17-9-4-10-18-31/h3-25,34-36H,26H2,1-2H3. The summed E-state index contributed by atoms with van der Waals surface area (Å²) in [6.45, 7) is 4.50. The molecule has 178 valence electrons. The van der Waals surface area contributed by atoms with Crippen molar-refractivity contribution in [3.63, 3.8) is 0 Å². The summed E-state index contributed by atoms with van der Waals surface area (Å²) in [7, 11) is -3.08. The minimum Gasteiger partial charge on any atom is -0.0629 e. The van der Waals surface area contributed by atoms with E-state index in [4.69, 9.17) is 0 Å². The molecule has 2 heteroatoms. The van der Waals surface area contributed by atoms with Crippen molar-refractivity contribution >= 4 is 38.3 Å². The van der Waals surface area contributed by atoms with E-state index in [0.717, 1.165) is 0 Å². The van der Waals surface area contributed by atoms with E-state index in [1.165, 1.54) is 43.5 Å². The molecule has 5 aromatic rings. The Kier molecular flexibility index (Phi) is 7.75. The van der Waals surface area contributed by atoms with E-state index in [2.05, 4.69) is 153 Å². The molecule has 0 amide bonds. The molecule has 5 rings (SSSR count). The molecule has 0 aliphatic carbocycles. The summed E-state index contributed by atoms with van der Waals surface area (Å²) in [5.74, 6) is 0. The zero-order chi connectivity index (χ0) is 24.7. The Morgan fingerprint density at radius 2 is 0.833 bits per heavy atom. The van der Waals surface area contributed by atoms with Crippen LogP contribution in [0.15, 0.2) is 140 Å². The van der Waals surface area contributed by atoms with Crippen LogP contribution in [-0.4, -0.2) is 17.6 Å². The fraction of sp³-hybridized carbons (Fsp3) is 0.118. The molecular weight excluding hydrogens is 465 g/mol. The highest BCUT2D eigenvalue weighted by Gasteiger charge is 2.32. The van der Waals surface area contributed by atoms with Crippen molar-refractivity contribution in [3.05, 3.63) is 156 Å². The Labute approximate surface area is 219 Å². The van der Waals surface area contributed by atoms with E-state index < -0.39 is 17.6 Å². The molecule has 0 saturated carbocycles. The van der Waals surface area contributed by atoms with Crippen LogP contribution in [0.2, 0.25) is 6.04 Å². The molecular formula is C34H34Si2. The first-order valence-electron chi connectivity index (χ1n) is 13.0. The minimum atomic E-state index is -1.60. The molecule has 5 aromatic carbocycles. The van der Waals surface area contributed by atoms with E-state index in [-0.39, 0.29) is 0 Å². The molecule has 0 nitrogen and oxygen atoms in total. The van der Waals surface area contributed by atoms with Crippen molar-refractivity contribution in [2.24, 2.45) is 0 Å². The van der Waals surface area contributed by atoms with Gasteiger partial charge in [0.25, 0.3) is 0 Å². The van der Waals surface area contributed by atoms with Crippen LogP contribution >= 0.6 is 0 Å². The van der Waals surface area contributed by atoms with Crippen molar-refractivity contribution < 1.29 is 0 Å². The molecule has 0 bridgehead atoms. The minimum absolute atomic E-state index is 0.505. The fourth-order valence-corrected chi connectivity index (χ4v) is 13.9. The van der Waals surface area contributed by atoms with E-state index >= 15 is 0 Å². The average molecular weight is 499 g/mol. The van der Waals surface area contributed by atoms with Crippen LogP contribution in [0.1, 0.15) is 22.2 Å². The highest BCUT2D eigenvalue weighted by molar-refractivity contribution is 6.90. The van der Waals surface area contributed by atoms with Crippen molar-refractivity contribution in [2.45, 2.75) is 25.4 Å². The summed E-state index contributed by atoms with van der Waals surface area (Å²) >= 11 is 0. The van der Waals surface area contributed by atoms with Crippen LogP contribution in [0.4, 0.5) is 0 Å². The van der Waals surface area contributed by atoms with Gasteiger partial charge in [0.1, 0.15) is 17.6 Å². The Bertz CT molecular complexity index is 1270. The second kappa shape index (κ2) is 11.5. The van der Waals surface area contributed by atoms with Crippen LogP contribution in [0.25, 0.3) is 0 Å². The highest BCUT2D eigenvalue weighted by Crippen LogP contribution is 2.27. The first-order chi connectivity index (χ1) is 17.7. The Morgan fingerprint density at radius 1 is 0.472 bits per heavy atom. The summed E-state index contributed by atoms with van der Waals surface area (Å²) in [6.07, 6.45) is 0. The van der Waals surface area contributed by atoms with Gasteiger partial charge in [0.05, 0.1) is 0 Å². The zero-order valence-corrected chi connectivity index (χ0v) is 23.5. The van der Waals surface area contributed by atoms with Crippen LogP contribution < -0.4 is 20.7 Å². The Hall–Kier alpha value is -3.47. The lowest BCUT2D eigenvalue weighted by atomic mass is 10.1. The van der Waals surface area contributed by atoms with E-state index in [1.807, 2.05) is 0 Å². The molecule has 1 atom stereocenters. The van der Waals surface area contributed by atoms with Gasteiger partial charge in [0.15, 0.2) is 0 Å². The first kappa shape index (κ1) is 24.2. The molecule has 1 unspecified atom stereocenters. The van der Waals surface area contributed by atoms with Crippen LogP contribution in [-0.2, 0) is 0 Å². The lowest BCUT2D eigenvalue weighted by Gasteiger charge is -2.31. The normalized spacial score (nSPS) is 12.1. The summed E-state index contributed by atoms with van der Waals surface area (Å²) in [5.41, 5.74) is 4.75. The van der Waals surface area contributed by atoms with Gasteiger partial charge in [-0.1, -0.05) is 171 Å². The third kappa shape index (κ3) is 5.67. The largest absolute Gasteiger partial charge is 0.110 e. The highest BCUT2D eigenvalue weighted by atomic mass is 28.3. The summed E-state index contributed by atoms with van der Waals surface area (Å²) in [6, 6.07) is 53.8. The summed E-state index contributed by atoms with van der Waals surface area (Å²) in [5, 5.41) is 6.13. The lowest BCUT2D eigenvalue weighted by molar-refractivity contribution is 1.03. The molecule has 36 heavy (non-hydrogen) atoms. The fourth-order valence-electron chi connectivity index (χ4n) is 5.76. The molecule has 0 spiro atoms. The Balaban J connectivity index is 1.70. The maximum absolute atomic E-state index is 2.46. The topological polar surface area (TPSA) is 0 Å². The Morgan fingerprint density at radius 3 is 1.22 bits per heavy atom. The molecule has 0 radical (unpaired) electrons. The van der Waals surface area contributed by atoms with Gasteiger partial charge < -0.3 is 0 Å². The molecule has 0 N–H and O–H groups in total. The van der Waals surface area contributed by atoms with Crippen molar-refractivity contribution in [1.82, 2.24) is 0 Å². The maximum Gasteiger partial charge on any atom is 0.110 e. The molecule has 0 aliphatic rings. The third-order valence-corrected chi connectivity index (χ3v) is 14.9. The van der Waals surface area contributed by atoms with Gasteiger partial charge in [-0.3, -0.25) is 0 Å². The predicted octanol–water partition coefficient (Wildman–Crippen LogP) is 5.01. The van der Waals surface area contributed by atoms with Gasteiger partial charge in [-0.15, -0.1) is 0 Å². The van der Waals surface area contributed by atoms with E-state index in [0.29, 0.717) is 5.54 Å². The molecule has 0 saturated heterocycles. The quantitative estimate of drug-likeness (QED) is 0.264. The summed E-state index contributed by atoms with van der Waals surface area (Å²) in [4.78, 5) is 0. The smallest absolute Gasteiger partial charge is 0.0629 e. The second-order valence-corrected chi connectivity index (χ2v) is 15.9. The molecule has 0 aliphatic heterocycles. The van der Waals surface area contributed by atoms with Gasteiger partial charge in [-0.2, -0.15) is 0 Å². The number of hydrogen-bond acceptors (Lipinski definition) is 0. The molecule has 0 heterocycles. The number of hydrogen-bond donors (Lipinski definition) is 0. The summed E-state index contributed by atoms with van der Waals surface area (Å²) < 4.78 is 0. The van der Waals surface area contributed by atoms with Crippen LogP contribution in [0.3, 0.4) is 0 Å². The van der Waals surface area contributed by atoms with Crippen molar-refractivity contribution in [2.75, 3.05) is 0 Å². The second-order valence-electron chi connectivity index (χ2n) is 9.94. The van der Waals surface area contributed by atoms with E-state index in [1.54, 1.807) is 0 Å². The van der Waals surface area contributed by atoms with Gasteiger partial charge in [0.2, 0.25) is 0 Å². The third-order valence-electron chi connectivity index (χ3n) is 7.29. The lowest BCUT2D eigenvalue weighted by Crippen LogP contribution is -2.51.